The molecule has 12 rings (SSSR count). The van der Waals surface area contributed by atoms with Crippen LogP contribution in [0, 0.1) is 28.6 Å². The number of likely N-dealkylation sites (tertiary alicyclic amines) is 2. The van der Waals surface area contributed by atoms with Crippen molar-refractivity contribution in [2.75, 3.05) is 74.9 Å². The number of amides is 5. The molecule has 3 aliphatic heterocycles. The van der Waals surface area contributed by atoms with Crippen LogP contribution >= 0.6 is 23.1 Å². The second-order valence-corrected chi connectivity index (χ2v) is 37.3. The number of nitrogens with zero attached hydrogens (tertiary/aromatic N) is 5. The maximum absolute atomic E-state index is 14.6. The summed E-state index contributed by atoms with van der Waals surface area (Å²) in [6, 6.07) is 22.3. The highest BCUT2D eigenvalue weighted by molar-refractivity contribution is 7.99. The normalized spacial score (nSPS) is 23.0. The number of sulfone groups is 1. The van der Waals surface area contributed by atoms with E-state index in [0.29, 0.717) is 83.7 Å². The molecule has 20 nitrogen and oxygen atoms in total. The molecule has 6 N–H and O–H groups in total. The van der Waals surface area contributed by atoms with Crippen molar-refractivity contribution < 1.29 is 67.9 Å². The Bertz CT molecular complexity index is 4240. The van der Waals surface area contributed by atoms with Crippen LogP contribution in [0.2, 0.25) is 0 Å². The van der Waals surface area contributed by atoms with Gasteiger partial charge >= 0.3 is 5.51 Å². The summed E-state index contributed by atoms with van der Waals surface area (Å²) in [6.45, 7) is 18.7. The average Bonchev–Trinajstić information content (AvgIpc) is 0.731. The van der Waals surface area contributed by atoms with E-state index < -0.39 is 106 Å². The van der Waals surface area contributed by atoms with E-state index in [2.05, 4.69) is 54.8 Å². The average molecular weight is 1550 g/mol. The number of aromatic nitrogens is 1. The highest BCUT2D eigenvalue weighted by atomic mass is 32.2. The first-order valence-corrected chi connectivity index (χ1v) is 41.5. The third kappa shape index (κ3) is 18.8. The molecular formula is C77H99F5N10O10S4. The van der Waals surface area contributed by atoms with E-state index in [1.165, 1.54) is 39.9 Å². The van der Waals surface area contributed by atoms with Crippen molar-refractivity contribution in [1.82, 2.24) is 40.4 Å². The monoisotopic (exact) mass is 1550 g/mol. The lowest BCUT2D eigenvalue weighted by Gasteiger charge is -2.72. The molecule has 6 fully saturated rings. The third-order valence-electron chi connectivity index (χ3n) is 22.1. The minimum Gasteiger partial charge on any atom is -0.391 e. The van der Waals surface area contributed by atoms with Crippen LogP contribution in [0.3, 0.4) is 0 Å². The van der Waals surface area contributed by atoms with E-state index in [-0.39, 0.29) is 72.2 Å². The predicted molar refractivity (Wildman–Crippen MR) is 400 cm³/mol. The van der Waals surface area contributed by atoms with Gasteiger partial charge in [0.2, 0.25) is 30.1 Å². The minimum absolute atomic E-state index is 0.0420. The van der Waals surface area contributed by atoms with Crippen LogP contribution in [0.25, 0.3) is 10.4 Å². The zero-order valence-electron chi connectivity index (χ0n) is 61.2. The molecule has 106 heavy (non-hydrogen) atoms. The van der Waals surface area contributed by atoms with Crippen LogP contribution < -0.4 is 30.9 Å². The SMILES string of the molecule is Cc1ncsc1-c1ccc([C@H](C)NC(=O)[C@@H]2C[C@@H](O)CN2C(=O)[C@@H](NC(=O)CCCCCC(=O)N[C@H]2CCN(CC[C@H](CSc3ccccc3)Nc3ccc(S(=O)(=O)NC(=O)c4ccc(N5CCN(CC6=C(C78CC(C(F)F)(C7)C8)CC(C)(C)CC6)CC5)cc4)cc3S(=O)(=O)C(F)(F)F)C2)C(C)(C)C)cc1. The van der Waals surface area contributed by atoms with E-state index in [9.17, 15) is 67.9 Å². The van der Waals surface area contributed by atoms with Gasteiger partial charge in [-0.15, -0.1) is 23.1 Å². The zero-order chi connectivity index (χ0) is 76.3. The number of alkyl halides is 5. The van der Waals surface area contributed by atoms with Gasteiger partial charge in [0.15, 0.2) is 0 Å². The van der Waals surface area contributed by atoms with Crippen molar-refractivity contribution in [2.45, 2.75) is 201 Å². The van der Waals surface area contributed by atoms with Gasteiger partial charge in [-0.2, -0.15) is 13.2 Å². The van der Waals surface area contributed by atoms with Crippen LogP contribution in [0.15, 0.2) is 128 Å². The number of nitrogens with one attached hydrogen (secondary N) is 5. The number of hydrogen-bond donors (Lipinski definition) is 6. The number of aryl methyl sites for hydroxylation is 1. The lowest BCUT2D eigenvalue weighted by molar-refractivity contribution is -0.250. The molecule has 5 aromatic rings. The molecule has 2 bridgehead atoms. The number of aliphatic hydroxyl groups is 1. The largest absolute Gasteiger partial charge is 0.501 e. The summed E-state index contributed by atoms with van der Waals surface area (Å²) in [5, 5.41) is 22.8. The summed E-state index contributed by atoms with van der Waals surface area (Å²) < 4.78 is 128. The topological polar surface area (TPSA) is 260 Å². The number of carbonyl (C=O) groups excluding carboxylic acids is 5. The molecule has 1 aromatic heterocycles. The maximum Gasteiger partial charge on any atom is 0.501 e. The van der Waals surface area contributed by atoms with Gasteiger partial charge in [0, 0.05) is 118 Å². The molecule has 7 aliphatic rings. The number of halogens is 5. The Morgan fingerprint density at radius 1 is 0.811 bits per heavy atom. The Labute approximate surface area is 627 Å². The van der Waals surface area contributed by atoms with Crippen molar-refractivity contribution in [2.24, 2.45) is 21.7 Å². The first-order valence-electron chi connectivity index (χ1n) is 36.7. The van der Waals surface area contributed by atoms with Gasteiger partial charge < -0.3 is 41.1 Å². The lowest BCUT2D eigenvalue weighted by Crippen LogP contribution is -2.66. The fourth-order valence-electron chi connectivity index (χ4n) is 16.0. The van der Waals surface area contributed by atoms with Crippen LogP contribution in [0.5, 0.6) is 0 Å². The Morgan fingerprint density at radius 2 is 1.49 bits per heavy atom. The number of rotatable bonds is 30. The van der Waals surface area contributed by atoms with Gasteiger partial charge in [-0.1, -0.05) is 94.7 Å². The number of thiazole rings is 1. The van der Waals surface area contributed by atoms with E-state index in [4.69, 9.17) is 0 Å². The van der Waals surface area contributed by atoms with E-state index in [1.807, 2.05) is 93.9 Å². The summed E-state index contributed by atoms with van der Waals surface area (Å²) in [5.41, 5.74) is 0.253. The van der Waals surface area contributed by atoms with Gasteiger partial charge in [0.25, 0.3) is 25.8 Å². The van der Waals surface area contributed by atoms with E-state index >= 15 is 0 Å². The maximum atomic E-state index is 14.6. The van der Waals surface area contributed by atoms with Crippen molar-refractivity contribution in [3.05, 3.63) is 131 Å². The minimum atomic E-state index is -6.20. The van der Waals surface area contributed by atoms with E-state index in [1.54, 1.807) is 29.0 Å². The number of hydrogen-bond acceptors (Lipinski definition) is 17. The molecule has 6 atom stereocenters. The summed E-state index contributed by atoms with van der Waals surface area (Å²) in [4.78, 5) is 80.4. The fourth-order valence-corrected chi connectivity index (χ4v) is 19.9. The Kier molecular flexibility index (Phi) is 24.6. The summed E-state index contributed by atoms with van der Waals surface area (Å²) in [7, 11) is -11.2. The van der Waals surface area contributed by atoms with Crippen molar-refractivity contribution in [1.29, 1.82) is 0 Å². The van der Waals surface area contributed by atoms with Crippen LogP contribution in [-0.2, 0) is 39.0 Å². The van der Waals surface area contributed by atoms with Crippen molar-refractivity contribution in [3.8, 4) is 10.4 Å². The summed E-state index contributed by atoms with van der Waals surface area (Å²) in [5.74, 6) is -2.29. The number of anilines is 2. The van der Waals surface area contributed by atoms with Crippen LogP contribution in [0.4, 0.5) is 33.3 Å². The third-order valence-corrected chi connectivity index (χ3v) is 27.1. The first-order chi connectivity index (χ1) is 50.0. The van der Waals surface area contributed by atoms with Crippen LogP contribution in [0.1, 0.15) is 159 Å². The number of carbonyl (C=O) groups is 5. The molecule has 3 saturated carbocycles. The molecule has 29 heteroatoms. The quantitative estimate of drug-likeness (QED) is 0.0108. The second-order valence-electron chi connectivity index (χ2n) is 31.8. The van der Waals surface area contributed by atoms with Gasteiger partial charge in [0.05, 0.1) is 38.8 Å². The van der Waals surface area contributed by atoms with E-state index in [0.717, 1.165) is 83.3 Å². The number of aliphatic hydroxyl groups excluding tert-OH is 1. The molecule has 4 heterocycles. The number of unbranched alkanes of at least 4 members (excludes halogenated alkanes) is 2. The number of allylic oxidation sites excluding steroid dienone is 1. The molecule has 0 unspecified atom stereocenters. The molecule has 0 spiro atoms. The van der Waals surface area contributed by atoms with Gasteiger partial charge in [-0.05, 0) is 160 Å². The first kappa shape index (κ1) is 80.0. The fraction of sp³-hybridized carbons (Fsp3) is 0.558. The number of sulfonamides is 1. The second kappa shape index (κ2) is 32.7. The number of piperazine rings is 1. The Morgan fingerprint density at radius 3 is 2.13 bits per heavy atom. The van der Waals surface area contributed by atoms with Gasteiger partial charge in [-0.25, -0.2) is 35.3 Å². The molecule has 5 amide bonds. The molecule has 576 valence electrons. The van der Waals surface area contributed by atoms with Gasteiger partial charge in [0.1, 0.15) is 17.0 Å². The lowest BCUT2D eigenvalue weighted by atomic mass is 9.32. The molecule has 0 radical (unpaired) electrons. The summed E-state index contributed by atoms with van der Waals surface area (Å²) in [6.07, 6.45) is 4.07. The Balaban J connectivity index is 0.640. The van der Waals surface area contributed by atoms with Crippen LogP contribution in [-0.4, -0.2) is 178 Å². The smallest absolute Gasteiger partial charge is 0.391 e. The highest BCUT2D eigenvalue weighted by Gasteiger charge is 2.73. The van der Waals surface area contributed by atoms with Crippen molar-refractivity contribution >= 4 is 83.9 Å². The van der Waals surface area contributed by atoms with Gasteiger partial charge in [-0.3, -0.25) is 28.9 Å². The molecule has 4 aromatic carbocycles. The zero-order valence-corrected chi connectivity index (χ0v) is 64.5. The predicted octanol–water partition coefficient (Wildman–Crippen LogP) is 12.1. The summed E-state index contributed by atoms with van der Waals surface area (Å²) >= 11 is 2.92. The Hall–Kier alpha value is -7.02. The number of thioether (sulfide) groups is 1. The number of benzene rings is 4. The molecule has 4 aliphatic carbocycles. The molecular weight excluding hydrogens is 1450 g/mol. The van der Waals surface area contributed by atoms with Crippen molar-refractivity contribution in [3.63, 3.8) is 0 Å². The molecule has 3 saturated heterocycles. The standard InChI is InChI=1S/C77H99F5N10O10S4/c1-49(51-18-20-52(21-19-51)67-50(2)83-48-104-67)84-70(97)63-38-58(93)43-92(63)71(98)68(73(3,4)5)87-66(95)17-13-9-12-16-65(94)86-55-29-32-89(42-55)33-30-56(44-103-59-14-10-8-11-15-59)85-62-27-26-60(39-64(62)105(99,100)77(80,81)82)106(101,102)88-69(96)53-22-24-57(25-23-53)91-36-34-90(35-37-91)41-54-28-31-74(6,7)40-61(54)75-45-76(46-75,47-75)72(78)79/h8,10-11,14-15,18-27,39,48-49,55-56,58,63,68,72,85,93H,9,12-13,16-17,28-38,40-47H2,1-7H3,(H,84,97)(H,86,94)(H,87,95)(H,88,96)/t49-,55-,56+,58+,63-,68+,75?,76?/m0/s1. The highest BCUT2D eigenvalue weighted by Crippen LogP contribution is 2.79. The number of β-amino-alcohol motifs (C(OH)–C–C–N with tert-alkyl or cyclic N) is 1.